The van der Waals surface area contributed by atoms with Gasteiger partial charge in [-0.3, -0.25) is 4.21 Å². The van der Waals surface area contributed by atoms with Gasteiger partial charge in [0.1, 0.15) is 0 Å². The third-order valence-electron chi connectivity index (χ3n) is 2.10. The van der Waals surface area contributed by atoms with Crippen LogP contribution in [0.15, 0.2) is 18.2 Å². The summed E-state index contributed by atoms with van der Waals surface area (Å²) >= 11 is 0. The predicted octanol–water partition coefficient (Wildman–Crippen LogP) is 1.77. The topological polar surface area (TPSA) is 37.3 Å². The molecule has 0 radical (unpaired) electrons. The van der Waals surface area contributed by atoms with E-state index in [0.29, 0.717) is 5.56 Å². The highest BCUT2D eigenvalue weighted by Gasteiger charge is 2.14. The molecule has 0 bridgehead atoms. The molecule has 0 aromatic heterocycles. The average Bonchev–Trinajstić information content (AvgIpc) is 2.21. The van der Waals surface area contributed by atoms with Gasteiger partial charge < -0.3 is 5.11 Å². The first kappa shape index (κ1) is 12.3. The number of hydrogen-bond donors (Lipinski definition) is 1. The third kappa shape index (κ3) is 3.07. The number of benzene rings is 1. The monoisotopic (exact) mass is 234 g/mol. The summed E-state index contributed by atoms with van der Waals surface area (Å²) < 4.78 is 37.0. The summed E-state index contributed by atoms with van der Waals surface area (Å²) in [5, 5.41) is 8.19. The average molecular weight is 234 g/mol. The van der Waals surface area contributed by atoms with E-state index in [4.69, 9.17) is 5.11 Å². The van der Waals surface area contributed by atoms with Crippen molar-refractivity contribution < 1.29 is 18.1 Å². The van der Waals surface area contributed by atoms with Gasteiger partial charge in [-0.05, 0) is 24.6 Å². The first-order valence-corrected chi connectivity index (χ1v) is 5.87. The van der Waals surface area contributed by atoms with Crippen LogP contribution in [-0.2, 0) is 10.8 Å². The van der Waals surface area contributed by atoms with Crippen molar-refractivity contribution in [2.75, 3.05) is 12.4 Å². The molecule has 0 fully saturated rings. The van der Waals surface area contributed by atoms with Crippen molar-refractivity contribution >= 4 is 10.8 Å². The van der Waals surface area contributed by atoms with Crippen LogP contribution in [0.1, 0.15) is 17.7 Å². The van der Waals surface area contributed by atoms with Crippen LogP contribution in [0.25, 0.3) is 0 Å². The molecular formula is C10H12F2O2S. The van der Waals surface area contributed by atoms with Crippen molar-refractivity contribution in [2.45, 2.75) is 12.2 Å². The number of aliphatic hydroxyl groups excluding tert-OH is 1. The Morgan fingerprint density at radius 2 is 2.07 bits per heavy atom. The zero-order valence-electron chi connectivity index (χ0n) is 8.24. The Kier molecular flexibility index (Phi) is 4.35. The first-order chi connectivity index (χ1) is 7.06. The van der Waals surface area contributed by atoms with Gasteiger partial charge in [0, 0.05) is 16.6 Å². The lowest BCUT2D eigenvalue weighted by molar-refractivity contribution is 0.321. The van der Waals surface area contributed by atoms with Gasteiger partial charge in [-0.25, -0.2) is 8.78 Å². The molecule has 84 valence electrons. The van der Waals surface area contributed by atoms with Crippen molar-refractivity contribution in [3.05, 3.63) is 35.4 Å². The molecule has 0 amide bonds. The van der Waals surface area contributed by atoms with Gasteiger partial charge in [0.15, 0.2) is 11.6 Å². The van der Waals surface area contributed by atoms with E-state index >= 15 is 0 Å². The van der Waals surface area contributed by atoms with Crippen LogP contribution in [0.5, 0.6) is 0 Å². The van der Waals surface area contributed by atoms with E-state index in [1.165, 1.54) is 6.07 Å². The molecule has 0 aliphatic heterocycles. The summed E-state index contributed by atoms with van der Waals surface area (Å²) in [5.74, 6) is -1.72. The van der Waals surface area contributed by atoms with Crippen LogP contribution in [0, 0.1) is 11.6 Å². The minimum absolute atomic E-state index is 0.139. The molecule has 1 aromatic rings. The second kappa shape index (κ2) is 5.32. The largest absolute Gasteiger partial charge is 0.395 e. The van der Waals surface area contributed by atoms with Gasteiger partial charge in [0.05, 0.1) is 11.9 Å². The SMILES string of the molecule is C[C@H](c1ccc(F)c(F)c1)[S@](=O)CCO. The van der Waals surface area contributed by atoms with Gasteiger partial charge in [-0.1, -0.05) is 6.07 Å². The van der Waals surface area contributed by atoms with Gasteiger partial charge in [0.2, 0.25) is 0 Å². The normalized spacial score (nSPS) is 14.9. The summed E-state index contributed by atoms with van der Waals surface area (Å²) in [6, 6.07) is 3.45. The quantitative estimate of drug-likeness (QED) is 0.862. The Labute approximate surface area is 89.4 Å². The maximum absolute atomic E-state index is 12.9. The fourth-order valence-electron chi connectivity index (χ4n) is 1.18. The van der Waals surface area contributed by atoms with E-state index in [-0.39, 0.29) is 12.4 Å². The molecule has 1 aromatic carbocycles. The van der Waals surface area contributed by atoms with E-state index in [2.05, 4.69) is 0 Å². The Bertz CT molecular complexity index is 368. The summed E-state index contributed by atoms with van der Waals surface area (Å²) in [5.41, 5.74) is 0.473. The molecule has 0 aliphatic rings. The lowest BCUT2D eigenvalue weighted by Crippen LogP contribution is -2.09. The summed E-state index contributed by atoms with van der Waals surface area (Å²) in [6.07, 6.45) is 0. The highest BCUT2D eigenvalue weighted by Crippen LogP contribution is 2.21. The Hall–Kier alpha value is -0.810. The third-order valence-corrected chi connectivity index (χ3v) is 3.75. The molecule has 0 heterocycles. The zero-order valence-corrected chi connectivity index (χ0v) is 9.06. The predicted molar refractivity (Wildman–Crippen MR) is 54.9 cm³/mol. The molecular weight excluding hydrogens is 222 g/mol. The van der Waals surface area contributed by atoms with Gasteiger partial charge in [0.25, 0.3) is 0 Å². The second-order valence-electron chi connectivity index (χ2n) is 3.12. The first-order valence-electron chi connectivity index (χ1n) is 4.49. The number of halogens is 2. The van der Waals surface area contributed by atoms with Crippen molar-refractivity contribution in [3.8, 4) is 0 Å². The maximum Gasteiger partial charge on any atom is 0.159 e. The molecule has 1 rings (SSSR count). The molecule has 2 nitrogen and oxygen atoms in total. The zero-order chi connectivity index (χ0) is 11.4. The Morgan fingerprint density at radius 3 is 2.60 bits per heavy atom. The second-order valence-corrected chi connectivity index (χ2v) is 5.00. The molecule has 0 saturated carbocycles. The van der Waals surface area contributed by atoms with Crippen molar-refractivity contribution in [1.29, 1.82) is 0 Å². The molecule has 5 heteroatoms. The Balaban J connectivity index is 2.86. The number of rotatable bonds is 4. The van der Waals surface area contributed by atoms with Crippen LogP contribution < -0.4 is 0 Å². The van der Waals surface area contributed by atoms with Crippen LogP contribution in [0.2, 0.25) is 0 Å². The van der Waals surface area contributed by atoms with Gasteiger partial charge in [-0.2, -0.15) is 0 Å². The van der Waals surface area contributed by atoms with Crippen LogP contribution in [-0.4, -0.2) is 21.7 Å². The molecule has 0 spiro atoms. The minimum atomic E-state index is -1.27. The van der Waals surface area contributed by atoms with Crippen LogP contribution >= 0.6 is 0 Å². The minimum Gasteiger partial charge on any atom is -0.395 e. The van der Waals surface area contributed by atoms with Crippen LogP contribution in [0.3, 0.4) is 0 Å². The van der Waals surface area contributed by atoms with Gasteiger partial charge >= 0.3 is 0 Å². The maximum atomic E-state index is 12.9. The van der Waals surface area contributed by atoms with Crippen molar-refractivity contribution in [2.24, 2.45) is 0 Å². The standard InChI is InChI=1S/C10H12F2O2S/c1-7(15(14)5-4-13)8-2-3-9(11)10(12)6-8/h2-3,6-7,13H,4-5H2,1H3/t7-,15-/m1/s1. The van der Waals surface area contributed by atoms with Gasteiger partial charge in [-0.15, -0.1) is 0 Å². The molecule has 0 aliphatic carbocycles. The lowest BCUT2D eigenvalue weighted by Gasteiger charge is -2.11. The smallest absolute Gasteiger partial charge is 0.159 e. The highest BCUT2D eigenvalue weighted by molar-refractivity contribution is 7.85. The Morgan fingerprint density at radius 1 is 1.40 bits per heavy atom. The van der Waals surface area contributed by atoms with Crippen LogP contribution in [0.4, 0.5) is 8.78 Å². The molecule has 0 saturated heterocycles. The molecule has 15 heavy (non-hydrogen) atoms. The summed E-state index contributed by atoms with van der Waals surface area (Å²) in [6.45, 7) is 1.47. The van der Waals surface area contributed by atoms with E-state index in [1.54, 1.807) is 6.92 Å². The van der Waals surface area contributed by atoms with Crippen molar-refractivity contribution in [1.82, 2.24) is 0 Å². The number of aliphatic hydroxyl groups is 1. The van der Waals surface area contributed by atoms with E-state index < -0.39 is 27.7 Å². The summed E-state index contributed by atoms with van der Waals surface area (Å²) in [4.78, 5) is 0. The number of hydrogen-bond acceptors (Lipinski definition) is 2. The molecule has 2 atom stereocenters. The highest BCUT2D eigenvalue weighted by atomic mass is 32.2. The fraction of sp³-hybridized carbons (Fsp3) is 0.400. The molecule has 0 unspecified atom stereocenters. The van der Waals surface area contributed by atoms with E-state index in [9.17, 15) is 13.0 Å². The molecule has 1 N–H and O–H groups in total. The van der Waals surface area contributed by atoms with Crippen molar-refractivity contribution in [3.63, 3.8) is 0 Å². The summed E-state index contributed by atoms with van der Waals surface area (Å²) in [7, 11) is -1.27. The fourth-order valence-corrected chi connectivity index (χ4v) is 2.17. The lowest BCUT2D eigenvalue weighted by atomic mass is 10.1. The van der Waals surface area contributed by atoms with E-state index in [0.717, 1.165) is 12.1 Å². The van der Waals surface area contributed by atoms with E-state index in [1.807, 2.05) is 0 Å².